The molecule has 2 aromatic carbocycles. The van der Waals surface area contributed by atoms with E-state index < -0.39 is 10.0 Å². The van der Waals surface area contributed by atoms with Crippen molar-refractivity contribution in [1.29, 1.82) is 0 Å². The number of nitrogens with zero attached hydrogens (tertiary/aromatic N) is 2. The molecular weight excluding hydrogens is 394 g/mol. The number of aromatic nitrogens is 1. The summed E-state index contributed by atoms with van der Waals surface area (Å²) in [6, 6.07) is 17.4. The zero-order valence-corrected chi connectivity index (χ0v) is 18.0. The lowest BCUT2D eigenvalue weighted by atomic mass is 9.91. The van der Waals surface area contributed by atoms with Crippen molar-refractivity contribution in [2.45, 2.75) is 55.5 Å². The molecule has 4 rings (SSSR count). The van der Waals surface area contributed by atoms with Crippen molar-refractivity contribution in [2.75, 3.05) is 6.54 Å². The van der Waals surface area contributed by atoms with Gasteiger partial charge in [0.25, 0.3) is 0 Å². The van der Waals surface area contributed by atoms with Crippen LogP contribution < -0.4 is 5.73 Å². The summed E-state index contributed by atoms with van der Waals surface area (Å²) < 4.78 is 29.4. The number of benzene rings is 2. The van der Waals surface area contributed by atoms with Crippen LogP contribution >= 0.6 is 0 Å². The summed E-state index contributed by atoms with van der Waals surface area (Å²) in [6.07, 6.45) is 8.51. The predicted octanol–water partition coefficient (Wildman–Crippen LogP) is 4.13. The quantitative estimate of drug-likeness (QED) is 0.620. The Morgan fingerprint density at radius 3 is 2.67 bits per heavy atom. The molecule has 1 aromatic heterocycles. The normalized spacial score (nSPS) is 19.9. The second kappa shape index (κ2) is 9.25. The van der Waals surface area contributed by atoms with Crippen LogP contribution in [0.2, 0.25) is 0 Å². The van der Waals surface area contributed by atoms with Crippen molar-refractivity contribution in [2.24, 2.45) is 5.73 Å². The number of nitrogens with two attached hydrogens (primary N) is 1. The van der Waals surface area contributed by atoms with Gasteiger partial charge in [0.2, 0.25) is 10.0 Å². The first-order valence-electron chi connectivity index (χ1n) is 10.7. The van der Waals surface area contributed by atoms with Crippen molar-refractivity contribution < 1.29 is 8.42 Å². The molecule has 1 aliphatic carbocycles. The molecule has 1 saturated carbocycles. The van der Waals surface area contributed by atoms with Gasteiger partial charge in [0.15, 0.2) is 0 Å². The van der Waals surface area contributed by atoms with Crippen molar-refractivity contribution >= 4 is 20.8 Å². The van der Waals surface area contributed by atoms with Gasteiger partial charge in [0.1, 0.15) is 0 Å². The number of fused-ring (bicyclic) bond motifs is 1. The van der Waals surface area contributed by atoms with Gasteiger partial charge in [-0.1, -0.05) is 48.9 Å². The van der Waals surface area contributed by atoms with E-state index in [0.29, 0.717) is 11.4 Å². The van der Waals surface area contributed by atoms with Gasteiger partial charge in [-0.25, -0.2) is 8.42 Å². The van der Waals surface area contributed by atoms with Crippen LogP contribution in [0, 0.1) is 0 Å². The molecule has 0 bridgehead atoms. The molecule has 1 aliphatic rings. The molecule has 0 aliphatic heterocycles. The molecule has 1 fully saturated rings. The Balaban J connectivity index is 1.64. The molecule has 2 N–H and O–H groups in total. The van der Waals surface area contributed by atoms with Crippen molar-refractivity contribution in [3.63, 3.8) is 0 Å². The van der Waals surface area contributed by atoms with Crippen LogP contribution in [0.1, 0.15) is 37.7 Å². The minimum atomic E-state index is -3.66. The second-order valence-corrected chi connectivity index (χ2v) is 10.00. The topological polar surface area (TPSA) is 76.3 Å². The number of hydrogen-bond acceptors (Lipinski definition) is 4. The summed E-state index contributed by atoms with van der Waals surface area (Å²) in [5.41, 5.74) is 7.45. The third-order valence-electron chi connectivity index (χ3n) is 6.01. The van der Waals surface area contributed by atoms with Gasteiger partial charge in [-0.15, -0.1) is 0 Å². The van der Waals surface area contributed by atoms with Crippen molar-refractivity contribution in [3.05, 3.63) is 72.6 Å². The Bertz CT molecular complexity index is 1080. The van der Waals surface area contributed by atoms with Crippen molar-refractivity contribution in [1.82, 2.24) is 9.29 Å². The van der Waals surface area contributed by atoms with E-state index in [0.717, 1.165) is 49.3 Å². The monoisotopic (exact) mass is 423 g/mol. The van der Waals surface area contributed by atoms with E-state index >= 15 is 0 Å². The number of pyridine rings is 1. The summed E-state index contributed by atoms with van der Waals surface area (Å²) in [5, 5.41) is 1.56. The van der Waals surface area contributed by atoms with Crippen LogP contribution in [0.3, 0.4) is 0 Å². The fraction of sp³-hybridized carbons (Fsp3) is 0.375. The van der Waals surface area contributed by atoms with Crippen molar-refractivity contribution in [3.8, 4) is 0 Å². The van der Waals surface area contributed by atoms with E-state index in [4.69, 9.17) is 5.73 Å². The fourth-order valence-electron chi connectivity index (χ4n) is 4.49. The Kier molecular flexibility index (Phi) is 6.46. The standard InChI is InChI=1S/C24H29N3O2S/c25-21-11-5-12-22(17-21)27(16-6-9-19-7-2-1-3-8-19)30(28,29)24-13-4-10-20-18-26-15-14-23(20)24/h1-4,7-8,10,13-15,18,21-22H,5-6,9,11-12,16-17,25H2. The molecular formula is C24H29N3O2S. The lowest BCUT2D eigenvalue weighted by Crippen LogP contribution is -2.46. The number of aryl methyl sites for hydroxylation is 1. The minimum absolute atomic E-state index is 0.0494. The van der Waals surface area contributed by atoms with Crippen LogP contribution in [0.4, 0.5) is 0 Å². The Morgan fingerprint density at radius 2 is 1.87 bits per heavy atom. The fourth-order valence-corrected chi connectivity index (χ4v) is 6.41. The first-order chi connectivity index (χ1) is 14.6. The maximum atomic E-state index is 13.9. The SMILES string of the molecule is NC1CCCC(N(CCCc2ccccc2)S(=O)(=O)c2cccc3cnccc23)C1. The van der Waals surface area contributed by atoms with Crippen LogP contribution in [-0.2, 0) is 16.4 Å². The van der Waals surface area contributed by atoms with E-state index in [9.17, 15) is 8.42 Å². The van der Waals surface area contributed by atoms with Gasteiger partial charge >= 0.3 is 0 Å². The highest BCUT2D eigenvalue weighted by molar-refractivity contribution is 7.89. The molecule has 2 unspecified atom stereocenters. The molecule has 0 saturated heterocycles. The zero-order valence-electron chi connectivity index (χ0n) is 17.2. The van der Waals surface area contributed by atoms with Gasteiger partial charge in [-0.3, -0.25) is 4.98 Å². The summed E-state index contributed by atoms with van der Waals surface area (Å²) in [6.45, 7) is 0.496. The summed E-state index contributed by atoms with van der Waals surface area (Å²) in [7, 11) is -3.66. The van der Waals surface area contributed by atoms with Gasteiger partial charge in [0.05, 0.1) is 4.90 Å². The third-order valence-corrected chi connectivity index (χ3v) is 8.02. The highest BCUT2D eigenvalue weighted by Gasteiger charge is 2.34. The molecule has 6 heteroatoms. The smallest absolute Gasteiger partial charge is 0.243 e. The molecule has 0 spiro atoms. The van der Waals surface area contributed by atoms with Gasteiger partial charge in [-0.05, 0) is 49.8 Å². The zero-order chi connectivity index (χ0) is 21.0. The average molecular weight is 424 g/mol. The first kappa shape index (κ1) is 21.0. The number of hydrogen-bond donors (Lipinski definition) is 1. The maximum Gasteiger partial charge on any atom is 0.243 e. The molecule has 1 heterocycles. The van der Waals surface area contributed by atoms with Crippen LogP contribution in [0.15, 0.2) is 71.9 Å². The van der Waals surface area contributed by atoms with Gasteiger partial charge in [0, 0.05) is 41.8 Å². The molecule has 3 aromatic rings. The first-order valence-corrected chi connectivity index (χ1v) is 12.1. The van der Waals surface area contributed by atoms with E-state index in [1.807, 2.05) is 24.3 Å². The molecule has 30 heavy (non-hydrogen) atoms. The number of sulfonamides is 1. The molecule has 2 atom stereocenters. The Labute approximate surface area is 179 Å². The summed E-state index contributed by atoms with van der Waals surface area (Å²) >= 11 is 0. The van der Waals surface area contributed by atoms with E-state index in [2.05, 4.69) is 17.1 Å². The number of rotatable bonds is 7. The molecule has 5 nitrogen and oxygen atoms in total. The molecule has 0 radical (unpaired) electrons. The lowest BCUT2D eigenvalue weighted by molar-refractivity contribution is 0.235. The third kappa shape index (κ3) is 4.56. The Hall–Kier alpha value is -2.28. The minimum Gasteiger partial charge on any atom is -0.328 e. The van der Waals surface area contributed by atoms with E-state index in [1.165, 1.54) is 5.56 Å². The lowest BCUT2D eigenvalue weighted by Gasteiger charge is -2.36. The van der Waals surface area contributed by atoms with Crippen LogP contribution in [-0.4, -0.2) is 36.3 Å². The van der Waals surface area contributed by atoms with Gasteiger partial charge < -0.3 is 5.73 Å². The van der Waals surface area contributed by atoms with Gasteiger partial charge in [-0.2, -0.15) is 4.31 Å². The highest BCUT2D eigenvalue weighted by atomic mass is 32.2. The highest BCUT2D eigenvalue weighted by Crippen LogP contribution is 2.31. The summed E-state index contributed by atoms with van der Waals surface area (Å²) in [4.78, 5) is 4.50. The Morgan fingerprint density at radius 1 is 1.03 bits per heavy atom. The second-order valence-electron chi connectivity index (χ2n) is 8.14. The maximum absolute atomic E-state index is 13.9. The molecule has 0 amide bonds. The largest absolute Gasteiger partial charge is 0.328 e. The van der Waals surface area contributed by atoms with E-state index in [-0.39, 0.29) is 12.1 Å². The van der Waals surface area contributed by atoms with Crippen LogP contribution in [0.5, 0.6) is 0 Å². The van der Waals surface area contributed by atoms with Crippen LogP contribution in [0.25, 0.3) is 10.8 Å². The predicted molar refractivity (Wildman–Crippen MR) is 121 cm³/mol. The summed E-state index contributed by atoms with van der Waals surface area (Å²) in [5.74, 6) is 0. The average Bonchev–Trinajstić information content (AvgIpc) is 2.77. The molecule has 158 valence electrons. The van der Waals surface area contributed by atoms with E-state index in [1.54, 1.807) is 34.9 Å².